The van der Waals surface area contributed by atoms with Crippen molar-refractivity contribution >= 4 is 0 Å². The first-order valence-corrected chi connectivity index (χ1v) is 6.82. The van der Waals surface area contributed by atoms with Crippen LogP contribution in [0.3, 0.4) is 0 Å². The summed E-state index contributed by atoms with van der Waals surface area (Å²) in [4.78, 5) is 13.3. The van der Waals surface area contributed by atoms with E-state index >= 15 is 0 Å². The molecule has 0 spiro atoms. The summed E-state index contributed by atoms with van der Waals surface area (Å²) in [6, 6.07) is 0. The van der Waals surface area contributed by atoms with Gasteiger partial charge >= 0.3 is 0 Å². The van der Waals surface area contributed by atoms with Gasteiger partial charge in [-0.15, -0.1) is 0 Å². The molecule has 2 heterocycles. The molecule has 0 unspecified atom stereocenters. The Kier molecular flexibility index (Phi) is 4.63. The molecule has 0 bridgehead atoms. The maximum atomic E-state index is 4.57. The van der Waals surface area contributed by atoms with Gasteiger partial charge in [0.15, 0.2) is 0 Å². The van der Waals surface area contributed by atoms with Gasteiger partial charge in [0.25, 0.3) is 0 Å². The molecule has 5 nitrogen and oxygen atoms in total. The minimum atomic E-state index is 0.700. The number of imidazole rings is 1. The molecule has 0 aliphatic rings. The van der Waals surface area contributed by atoms with Gasteiger partial charge in [0, 0.05) is 42.8 Å². The molecule has 0 radical (unpaired) electrons. The highest BCUT2D eigenvalue weighted by Gasteiger charge is 2.08. The molecule has 0 saturated heterocycles. The summed E-state index contributed by atoms with van der Waals surface area (Å²) in [6.45, 7) is 8.10. The van der Waals surface area contributed by atoms with Gasteiger partial charge in [-0.1, -0.05) is 13.8 Å². The van der Waals surface area contributed by atoms with Crippen LogP contribution in [0.2, 0.25) is 0 Å². The van der Waals surface area contributed by atoms with Crippen molar-refractivity contribution in [2.45, 2.75) is 40.2 Å². The Morgan fingerprint density at radius 3 is 2.79 bits per heavy atom. The van der Waals surface area contributed by atoms with Crippen molar-refractivity contribution in [3.8, 4) is 5.95 Å². The monoisotopic (exact) mass is 259 g/mol. The minimum Gasteiger partial charge on any atom is -0.313 e. The summed E-state index contributed by atoms with van der Waals surface area (Å²) in [7, 11) is 0. The van der Waals surface area contributed by atoms with Crippen LogP contribution in [-0.2, 0) is 13.0 Å². The minimum absolute atomic E-state index is 0.700. The van der Waals surface area contributed by atoms with Crippen molar-refractivity contribution in [2.24, 2.45) is 0 Å². The topological polar surface area (TPSA) is 55.6 Å². The first-order valence-electron chi connectivity index (χ1n) is 6.82. The van der Waals surface area contributed by atoms with E-state index in [1.807, 2.05) is 23.9 Å². The van der Waals surface area contributed by atoms with Gasteiger partial charge in [-0.2, -0.15) is 0 Å². The highest BCUT2D eigenvalue weighted by atomic mass is 15.2. The summed E-state index contributed by atoms with van der Waals surface area (Å²) in [6.07, 6.45) is 7.60. The van der Waals surface area contributed by atoms with Crippen LogP contribution in [-0.4, -0.2) is 26.1 Å². The highest BCUT2D eigenvalue weighted by molar-refractivity contribution is 5.23. The molecule has 0 saturated carbocycles. The van der Waals surface area contributed by atoms with Gasteiger partial charge in [0.05, 0.1) is 0 Å². The van der Waals surface area contributed by atoms with E-state index in [2.05, 4.69) is 34.1 Å². The average molecular weight is 259 g/mol. The van der Waals surface area contributed by atoms with Crippen LogP contribution in [0.1, 0.15) is 37.4 Å². The fourth-order valence-corrected chi connectivity index (χ4v) is 1.95. The zero-order valence-electron chi connectivity index (χ0n) is 11.8. The van der Waals surface area contributed by atoms with Gasteiger partial charge in [0.2, 0.25) is 5.95 Å². The van der Waals surface area contributed by atoms with Crippen LogP contribution < -0.4 is 5.32 Å². The Hall–Kier alpha value is -1.75. The normalized spacial score (nSPS) is 10.9. The first-order chi connectivity index (χ1) is 9.26. The summed E-state index contributed by atoms with van der Waals surface area (Å²) in [5.74, 6) is 1.68. The molecule has 0 aromatic carbocycles. The predicted molar refractivity (Wildman–Crippen MR) is 75.3 cm³/mol. The number of rotatable bonds is 6. The molecule has 0 atom stereocenters. The second kappa shape index (κ2) is 6.43. The molecule has 2 rings (SSSR count). The third kappa shape index (κ3) is 3.17. The molecule has 19 heavy (non-hydrogen) atoms. The maximum Gasteiger partial charge on any atom is 0.235 e. The number of nitrogens with one attached hydrogen (secondary N) is 1. The van der Waals surface area contributed by atoms with Crippen LogP contribution in [0, 0.1) is 6.92 Å². The van der Waals surface area contributed by atoms with E-state index in [0.717, 1.165) is 43.0 Å². The van der Waals surface area contributed by atoms with E-state index in [-0.39, 0.29) is 0 Å². The fraction of sp³-hybridized carbons (Fsp3) is 0.500. The largest absolute Gasteiger partial charge is 0.313 e. The fourth-order valence-electron chi connectivity index (χ4n) is 1.95. The Balaban J connectivity index is 2.19. The molecule has 0 fully saturated rings. The summed E-state index contributed by atoms with van der Waals surface area (Å²) < 4.78 is 1.94. The lowest BCUT2D eigenvalue weighted by molar-refractivity contribution is 0.666. The van der Waals surface area contributed by atoms with Gasteiger partial charge in [0.1, 0.15) is 5.82 Å². The third-order valence-electron chi connectivity index (χ3n) is 3.06. The molecule has 0 aliphatic carbocycles. The standard InChI is InChI=1S/C14H21N5/c1-4-6-15-9-12-10-17-14(18-11(12)3)19-8-7-16-13(19)5-2/h7-8,10,15H,4-6,9H2,1-3H3. The van der Waals surface area contributed by atoms with Crippen LogP contribution in [0.5, 0.6) is 0 Å². The van der Waals surface area contributed by atoms with Crippen molar-refractivity contribution in [2.75, 3.05) is 6.54 Å². The van der Waals surface area contributed by atoms with Crippen molar-refractivity contribution < 1.29 is 0 Å². The van der Waals surface area contributed by atoms with Crippen LogP contribution in [0.25, 0.3) is 5.95 Å². The van der Waals surface area contributed by atoms with E-state index in [1.54, 1.807) is 6.20 Å². The van der Waals surface area contributed by atoms with Gasteiger partial charge in [-0.25, -0.2) is 15.0 Å². The molecule has 5 heteroatoms. The second-order valence-corrected chi connectivity index (χ2v) is 4.52. The van der Waals surface area contributed by atoms with Crippen molar-refractivity contribution in [3.63, 3.8) is 0 Å². The van der Waals surface area contributed by atoms with Gasteiger partial charge in [-0.3, -0.25) is 4.57 Å². The Morgan fingerprint density at radius 1 is 1.26 bits per heavy atom. The third-order valence-corrected chi connectivity index (χ3v) is 3.06. The maximum absolute atomic E-state index is 4.57. The number of nitrogens with zero attached hydrogens (tertiary/aromatic N) is 4. The van der Waals surface area contributed by atoms with E-state index in [1.165, 1.54) is 0 Å². The highest BCUT2D eigenvalue weighted by Crippen LogP contribution is 2.09. The summed E-state index contributed by atoms with van der Waals surface area (Å²) in [5, 5.41) is 3.37. The van der Waals surface area contributed by atoms with Crippen LogP contribution >= 0.6 is 0 Å². The van der Waals surface area contributed by atoms with Crippen LogP contribution in [0.4, 0.5) is 0 Å². The lowest BCUT2D eigenvalue weighted by Crippen LogP contribution is -2.16. The van der Waals surface area contributed by atoms with E-state index in [4.69, 9.17) is 0 Å². The molecule has 0 aliphatic heterocycles. The van der Waals surface area contributed by atoms with Crippen molar-refractivity contribution in [3.05, 3.63) is 35.7 Å². The summed E-state index contributed by atoms with van der Waals surface area (Å²) >= 11 is 0. The van der Waals surface area contributed by atoms with E-state index in [0.29, 0.717) is 5.95 Å². The average Bonchev–Trinajstić information content (AvgIpc) is 2.89. The Bertz CT molecular complexity index is 532. The lowest BCUT2D eigenvalue weighted by Gasteiger charge is -2.09. The van der Waals surface area contributed by atoms with Crippen molar-refractivity contribution in [1.82, 2.24) is 24.8 Å². The van der Waals surface area contributed by atoms with Crippen molar-refractivity contribution in [1.29, 1.82) is 0 Å². The van der Waals surface area contributed by atoms with Gasteiger partial charge < -0.3 is 5.32 Å². The zero-order valence-corrected chi connectivity index (χ0v) is 11.8. The molecule has 102 valence electrons. The summed E-state index contributed by atoms with van der Waals surface area (Å²) in [5.41, 5.74) is 2.17. The second-order valence-electron chi connectivity index (χ2n) is 4.52. The first kappa shape index (κ1) is 13.7. The number of aromatic nitrogens is 4. The smallest absolute Gasteiger partial charge is 0.235 e. The van der Waals surface area contributed by atoms with Gasteiger partial charge in [-0.05, 0) is 19.9 Å². The number of aryl methyl sites for hydroxylation is 2. The number of hydrogen-bond acceptors (Lipinski definition) is 4. The van der Waals surface area contributed by atoms with E-state index in [9.17, 15) is 0 Å². The van der Waals surface area contributed by atoms with Crippen LogP contribution in [0.15, 0.2) is 18.6 Å². The molecule has 2 aromatic heterocycles. The zero-order chi connectivity index (χ0) is 13.7. The van der Waals surface area contributed by atoms with E-state index < -0.39 is 0 Å². The molecular weight excluding hydrogens is 238 g/mol. The molecule has 2 aromatic rings. The lowest BCUT2D eigenvalue weighted by atomic mass is 10.2. The molecule has 1 N–H and O–H groups in total. The quantitative estimate of drug-likeness (QED) is 0.807. The SMILES string of the molecule is CCCNCc1cnc(-n2ccnc2CC)nc1C. The molecule has 0 amide bonds. The Labute approximate surface area is 114 Å². The number of hydrogen-bond donors (Lipinski definition) is 1. The molecular formula is C14H21N5. The predicted octanol–water partition coefficient (Wildman–Crippen LogP) is 2.03. The Morgan fingerprint density at radius 2 is 2.11 bits per heavy atom.